The molecule has 1 aromatic rings. The number of aromatic nitrogens is 1. The lowest BCUT2D eigenvalue weighted by atomic mass is 10.3. The molecule has 5 heteroatoms. The van der Waals surface area contributed by atoms with E-state index in [9.17, 15) is 4.79 Å². The Bertz CT molecular complexity index is 346. The number of pyridine rings is 1. The zero-order valence-corrected chi connectivity index (χ0v) is 10.7. The number of hydrogen-bond acceptors (Lipinski definition) is 4. The van der Waals surface area contributed by atoms with Crippen LogP contribution in [0.15, 0.2) is 18.3 Å². The molecule has 1 rings (SSSR count). The molecule has 1 amide bonds. The van der Waals surface area contributed by atoms with Gasteiger partial charge in [-0.05, 0) is 33.0 Å². The molecule has 5 nitrogen and oxygen atoms in total. The van der Waals surface area contributed by atoms with Gasteiger partial charge in [0.1, 0.15) is 5.82 Å². The van der Waals surface area contributed by atoms with Crippen molar-refractivity contribution >= 4 is 17.4 Å². The van der Waals surface area contributed by atoms with Crippen molar-refractivity contribution in [2.24, 2.45) is 0 Å². The number of anilines is 2. The van der Waals surface area contributed by atoms with E-state index in [1.165, 1.54) is 0 Å². The Hall–Kier alpha value is -1.62. The largest absolute Gasteiger partial charge is 0.357 e. The molecule has 1 heterocycles. The Kier molecular flexibility index (Phi) is 5.42. The van der Waals surface area contributed by atoms with E-state index in [2.05, 4.69) is 34.4 Å². The van der Waals surface area contributed by atoms with Gasteiger partial charge in [0.25, 0.3) is 0 Å². The van der Waals surface area contributed by atoms with Gasteiger partial charge < -0.3 is 15.5 Å². The highest BCUT2D eigenvalue weighted by molar-refractivity contribution is 5.92. The number of nitrogens with one attached hydrogen (secondary N) is 2. The zero-order valence-electron chi connectivity index (χ0n) is 10.7. The third-order valence-electron chi connectivity index (χ3n) is 2.46. The molecule has 0 saturated carbocycles. The van der Waals surface area contributed by atoms with Crippen molar-refractivity contribution in [3.63, 3.8) is 0 Å². The number of amides is 1. The highest BCUT2D eigenvalue weighted by Crippen LogP contribution is 2.13. The molecule has 2 N–H and O–H groups in total. The molecule has 0 saturated heterocycles. The Balaban J connectivity index is 2.64. The lowest BCUT2D eigenvalue weighted by Gasteiger charge is -2.19. The minimum Gasteiger partial charge on any atom is -0.357 e. The SMILES string of the molecule is CCN(CC)c1ccc(NC(=O)CNC)cn1. The molecule has 0 radical (unpaired) electrons. The smallest absolute Gasteiger partial charge is 0.238 e. The average Bonchev–Trinajstić information content (AvgIpc) is 2.33. The van der Waals surface area contributed by atoms with Gasteiger partial charge in [-0.15, -0.1) is 0 Å². The van der Waals surface area contributed by atoms with Crippen LogP contribution >= 0.6 is 0 Å². The minimum atomic E-state index is -0.0649. The number of carbonyl (C=O) groups excluding carboxylic acids is 1. The summed E-state index contributed by atoms with van der Waals surface area (Å²) in [6.45, 7) is 6.34. The summed E-state index contributed by atoms with van der Waals surface area (Å²) in [7, 11) is 1.74. The fourth-order valence-electron chi connectivity index (χ4n) is 1.56. The van der Waals surface area contributed by atoms with E-state index in [0.717, 1.165) is 24.6 Å². The van der Waals surface area contributed by atoms with Gasteiger partial charge in [0, 0.05) is 13.1 Å². The van der Waals surface area contributed by atoms with Crippen LogP contribution in [0.25, 0.3) is 0 Å². The van der Waals surface area contributed by atoms with Crippen LogP contribution in [-0.4, -0.2) is 37.6 Å². The fraction of sp³-hybridized carbons (Fsp3) is 0.500. The average molecular weight is 236 g/mol. The molecule has 94 valence electrons. The van der Waals surface area contributed by atoms with Crippen molar-refractivity contribution in [1.82, 2.24) is 10.3 Å². The fourth-order valence-corrected chi connectivity index (χ4v) is 1.56. The first-order valence-electron chi connectivity index (χ1n) is 5.86. The molecule has 17 heavy (non-hydrogen) atoms. The van der Waals surface area contributed by atoms with E-state index in [1.54, 1.807) is 13.2 Å². The van der Waals surface area contributed by atoms with E-state index < -0.39 is 0 Å². The van der Waals surface area contributed by atoms with Crippen molar-refractivity contribution in [2.75, 3.05) is 36.9 Å². The van der Waals surface area contributed by atoms with Gasteiger partial charge in [-0.3, -0.25) is 4.79 Å². The second kappa shape index (κ2) is 6.85. The minimum absolute atomic E-state index is 0.0649. The Morgan fingerprint density at radius 2 is 2.06 bits per heavy atom. The highest BCUT2D eigenvalue weighted by Gasteiger charge is 2.04. The van der Waals surface area contributed by atoms with E-state index in [0.29, 0.717) is 6.54 Å². The summed E-state index contributed by atoms with van der Waals surface area (Å²) >= 11 is 0. The van der Waals surface area contributed by atoms with Crippen LogP contribution in [0.3, 0.4) is 0 Å². The summed E-state index contributed by atoms with van der Waals surface area (Å²) < 4.78 is 0. The Morgan fingerprint density at radius 1 is 1.35 bits per heavy atom. The van der Waals surface area contributed by atoms with Crippen molar-refractivity contribution in [2.45, 2.75) is 13.8 Å². The highest BCUT2D eigenvalue weighted by atomic mass is 16.1. The lowest BCUT2D eigenvalue weighted by molar-refractivity contribution is -0.115. The van der Waals surface area contributed by atoms with Crippen LogP contribution in [0.1, 0.15) is 13.8 Å². The van der Waals surface area contributed by atoms with Gasteiger partial charge in [0.2, 0.25) is 5.91 Å². The van der Waals surface area contributed by atoms with Crippen LogP contribution in [-0.2, 0) is 4.79 Å². The maximum atomic E-state index is 11.3. The molecule has 0 atom stereocenters. The van der Waals surface area contributed by atoms with Gasteiger partial charge >= 0.3 is 0 Å². The predicted octanol–water partition coefficient (Wildman–Crippen LogP) is 1.09. The summed E-state index contributed by atoms with van der Waals surface area (Å²) in [5.41, 5.74) is 0.723. The lowest BCUT2D eigenvalue weighted by Crippen LogP contribution is -2.25. The molecule has 0 fully saturated rings. The summed E-state index contributed by atoms with van der Waals surface area (Å²) in [4.78, 5) is 17.8. The number of carbonyl (C=O) groups is 1. The van der Waals surface area contributed by atoms with Crippen LogP contribution in [0, 0.1) is 0 Å². The van der Waals surface area contributed by atoms with E-state index >= 15 is 0 Å². The quantitative estimate of drug-likeness (QED) is 0.776. The summed E-state index contributed by atoms with van der Waals surface area (Å²) in [6.07, 6.45) is 1.68. The van der Waals surface area contributed by atoms with Gasteiger partial charge in [-0.25, -0.2) is 4.98 Å². The van der Waals surface area contributed by atoms with Gasteiger partial charge in [0.05, 0.1) is 18.4 Å². The summed E-state index contributed by atoms with van der Waals surface area (Å²) in [5, 5.41) is 5.56. The predicted molar refractivity (Wildman–Crippen MR) is 70.4 cm³/mol. The van der Waals surface area contributed by atoms with Crippen LogP contribution in [0.5, 0.6) is 0 Å². The molecular weight excluding hydrogens is 216 g/mol. The van der Waals surface area contributed by atoms with Crippen LogP contribution < -0.4 is 15.5 Å². The normalized spacial score (nSPS) is 10.1. The number of nitrogens with zero attached hydrogens (tertiary/aromatic N) is 2. The van der Waals surface area contributed by atoms with Gasteiger partial charge in [-0.2, -0.15) is 0 Å². The van der Waals surface area contributed by atoms with E-state index in [1.807, 2.05) is 12.1 Å². The molecule has 1 aromatic heterocycles. The molecule has 0 aromatic carbocycles. The van der Waals surface area contributed by atoms with Gasteiger partial charge in [-0.1, -0.05) is 0 Å². The van der Waals surface area contributed by atoms with Crippen molar-refractivity contribution in [1.29, 1.82) is 0 Å². The van der Waals surface area contributed by atoms with Crippen LogP contribution in [0.4, 0.5) is 11.5 Å². The molecule has 0 aliphatic carbocycles. The maximum absolute atomic E-state index is 11.3. The third kappa shape index (κ3) is 4.03. The van der Waals surface area contributed by atoms with Crippen molar-refractivity contribution in [3.8, 4) is 0 Å². The maximum Gasteiger partial charge on any atom is 0.238 e. The molecule has 0 aliphatic heterocycles. The van der Waals surface area contributed by atoms with Gasteiger partial charge in [0.15, 0.2) is 0 Å². The number of rotatable bonds is 6. The first-order chi connectivity index (χ1) is 8.21. The topological polar surface area (TPSA) is 57.3 Å². The second-order valence-electron chi connectivity index (χ2n) is 3.66. The molecule has 0 aliphatic rings. The third-order valence-corrected chi connectivity index (χ3v) is 2.46. The zero-order chi connectivity index (χ0) is 12.7. The summed E-state index contributed by atoms with van der Waals surface area (Å²) in [6, 6.07) is 3.79. The molecule has 0 bridgehead atoms. The van der Waals surface area contributed by atoms with Crippen LogP contribution in [0.2, 0.25) is 0 Å². The molecular formula is C12H20N4O. The first-order valence-corrected chi connectivity index (χ1v) is 5.86. The number of likely N-dealkylation sites (N-methyl/N-ethyl adjacent to an activating group) is 1. The Labute approximate surface area is 102 Å². The standard InChI is InChI=1S/C12H20N4O/c1-4-16(5-2)11-7-6-10(8-14-11)15-12(17)9-13-3/h6-8,13H,4-5,9H2,1-3H3,(H,15,17). The number of hydrogen-bond donors (Lipinski definition) is 2. The Morgan fingerprint density at radius 3 is 2.53 bits per heavy atom. The summed E-state index contributed by atoms with van der Waals surface area (Å²) in [5.74, 6) is 0.867. The van der Waals surface area contributed by atoms with E-state index in [-0.39, 0.29) is 5.91 Å². The van der Waals surface area contributed by atoms with Crippen molar-refractivity contribution in [3.05, 3.63) is 18.3 Å². The first kappa shape index (κ1) is 13.4. The van der Waals surface area contributed by atoms with E-state index in [4.69, 9.17) is 0 Å². The molecule has 0 spiro atoms. The van der Waals surface area contributed by atoms with Crippen molar-refractivity contribution < 1.29 is 4.79 Å². The second-order valence-corrected chi connectivity index (χ2v) is 3.66. The monoisotopic (exact) mass is 236 g/mol. The molecule has 0 unspecified atom stereocenters.